The maximum atomic E-state index is 5.57. The van der Waals surface area contributed by atoms with E-state index in [1.807, 2.05) is 0 Å². The van der Waals surface area contributed by atoms with Gasteiger partial charge in [0.05, 0.1) is 33.0 Å². The maximum Gasteiger partial charge on any atom is 0.191 e. The van der Waals surface area contributed by atoms with Gasteiger partial charge in [0.1, 0.15) is 0 Å². The number of unbranched alkanes of at least 4 members (excludes halogenated alkanes) is 1. The third-order valence-corrected chi connectivity index (χ3v) is 6.19. The number of nitrogens with one attached hydrogen (secondary N) is 2. The summed E-state index contributed by atoms with van der Waals surface area (Å²) in [6.45, 7) is 18.3. The van der Waals surface area contributed by atoms with Crippen molar-refractivity contribution >= 4 is 29.9 Å². The highest BCUT2D eigenvalue weighted by molar-refractivity contribution is 14.0. The molecule has 0 aliphatic carbocycles. The van der Waals surface area contributed by atoms with Gasteiger partial charge in [-0.3, -0.25) is 14.8 Å². The molecule has 0 aromatic rings. The highest BCUT2D eigenvalue weighted by Crippen LogP contribution is 2.20. The molecule has 1 unspecified atom stereocenters. The van der Waals surface area contributed by atoms with Crippen molar-refractivity contribution in [1.29, 1.82) is 0 Å². The van der Waals surface area contributed by atoms with Crippen LogP contribution in [0, 0.1) is 5.92 Å². The van der Waals surface area contributed by atoms with Crippen LogP contribution in [0.15, 0.2) is 4.99 Å². The number of halogens is 1. The molecule has 2 aliphatic rings. The van der Waals surface area contributed by atoms with E-state index in [9.17, 15) is 0 Å². The molecule has 30 heavy (non-hydrogen) atoms. The zero-order valence-electron chi connectivity index (χ0n) is 19.5. The van der Waals surface area contributed by atoms with Gasteiger partial charge < -0.3 is 20.1 Å². The third-order valence-electron chi connectivity index (χ3n) is 6.19. The lowest BCUT2D eigenvalue weighted by molar-refractivity contribution is 0.00395. The molecule has 2 rings (SSSR count). The summed E-state index contributed by atoms with van der Waals surface area (Å²) in [6, 6.07) is 0.505. The zero-order valence-corrected chi connectivity index (χ0v) is 21.9. The molecule has 2 heterocycles. The van der Waals surface area contributed by atoms with E-state index < -0.39 is 0 Å². The second kappa shape index (κ2) is 17.4. The van der Waals surface area contributed by atoms with E-state index in [-0.39, 0.29) is 24.0 Å². The van der Waals surface area contributed by atoms with Crippen LogP contribution in [0.1, 0.15) is 46.5 Å². The minimum atomic E-state index is 0. The zero-order chi connectivity index (χ0) is 20.7. The predicted molar refractivity (Wildman–Crippen MR) is 136 cm³/mol. The predicted octanol–water partition coefficient (Wildman–Crippen LogP) is 2.41. The Hall–Kier alpha value is -0.160. The van der Waals surface area contributed by atoms with E-state index >= 15 is 0 Å². The number of nitrogens with zero attached hydrogens (tertiary/aromatic N) is 3. The molecule has 178 valence electrons. The molecular formula is C22H46IN5O2. The topological polar surface area (TPSA) is 61.4 Å². The highest BCUT2D eigenvalue weighted by atomic mass is 127. The molecule has 0 saturated carbocycles. The SMILES string of the molecule is CCNC(=NCC(C(CC)CC)N1CCOCC1)NCCCCN1CCOCC1.I. The molecule has 0 spiro atoms. The summed E-state index contributed by atoms with van der Waals surface area (Å²) >= 11 is 0. The number of guanidine groups is 1. The number of morpholine rings is 2. The minimum absolute atomic E-state index is 0. The molecule has 0 aromatic heterocycles. The molecule has 0 aromatic carbocycles. The Morgan fingerprint density at radius 2 is 1.53 bits per heavy atom. The molecule has 0 amide bonds. The lowest BCUT2D eigenvalue weighted by Gasteiger charge is -2.38. The van der Waals surface area contributed by atoms with Gasteiger partial charge in [-0.25, -0.2) is 0 Å². The van der Waals surface area contributed by atoms with Crippen molar-refractivity contribution in [2.45, 2.75) is 52.5 Å². The largest absolute Gasteiger partial charge is 0.379 e. The van der Waals surface area contributed by atoms with Crippen molar-refractivity contribution in [1.82, 2.24) is 20.4 Å². The van der Waals surface area contributed by atoms with Gasteiger partial charge in [0, 0.05) is 45.3 Å². The van der Waals surface area contributed by atoms with Gasteiger partial charge in [-0.2, -0.15) is 0 Å². The fourth-order valence-electron chi connectivity index (χ4n) is 4.32. The molecule has 7 nitrogen and oxygen atoms in total. The molecule has 0 radical (unpaired) electrons. The van der Waals surface area contributed by atoms with Crippen molar-refractivity contribution in [2.24, 2.45) is 10.9 Å². The van der Waals surface area contributed by atoms with Gasteiger partial charge in [-0.15, -0.1) is 24.0 Å². The normalized spacial score (nSPS) is 20.1. The summed E-state index contributed by atoms with van der Waals surface area (Å²) in [6.07, 6.45) is 4.80. The molecule has 2 N–H and O–H groups in total. The molecule has 2 aliphatic heterocycles. The van der Waals surface area contributed by atoms with E-state index in [2.05, 4.69) is 41.2 Å². The van der Waals surface area contributed by atoms with Gasteiger partial charge in [-0.05, 0) is 32.2 Å². The van der Waals surface area contributed by atoms with Crippen molar-refractivity contribution in [3.05, 3.63) is 0 Å². The number of ether oxygens (including phenoxy) is 2. The Kier molecular flexibility index (Phi) is 16.2. The number of rotatable bonds is 12. The average Bonchev–Trinajstić information content (AvgIpc) is 2.77. The maximum absolute atomic E-state index is 5.57. The quantitative estimate of drug-likeness (QED) is 0.172. The first kappa shape index (κ1) is 27.9. The van der Waals surface area contributed by atoms with Crippen LogP contribution >= 0.6 is 24.0 Å². The first-order valence-corrected chi connectivity index (χ1v) is 11.9. The molecule has 2 fully saturated rings. The molecule has 8 heteroatoms. The molecule has 2 saturated heterocycles. The van der Waals surface area contributed by atoms with Crippen LogP contribution < -0.4 is 10.6 Å². The van der Waals surface area contributed by atoms with Crippen LogP contribution in [0.4, 0.5) is 0 Å². The average molecular weight is 540 g/mol. The van der Waals surface area contributed by atoms with Gasteiger partial charge in [0.2, 0.25) is 0 Å². The van der Waals surface area contributed by atoms with Crippen LogP contribution in [0.25, 0.3) is 0 Å². The smallest absolute Gasteiger partial charge is 0.191 e. The lowest BCUT2D eigenvalue weighted by Crippen LogP contribution is -2.49. The monoisotopic (exact) mass is 539 g/mol. The fraction of sp³-hybridized carbons (Fsp3) is 0.955. The van der Waals surface area contributed by atoms with E-state index in [0.717, 1.165) is 78.2 Å². The number of hydrogen-bond donors (Lipinski definition) is 2. The van der Waals surface area contributed by atoms with E-state index in [1.165, 1.54) is 32.2 Å². The van der Waals surface area contributed by atoms with Gasteiger partial charge >= 0.3 is 0 Å². The van der Waals surface area contributed by atoms with Crippen molar-refractivity contribution < 1.29 is 9.47 Å². The van der Waals surface area contributed by atoms with E-state index in [4.69, 9.17) is 14.5 Å². The minimum Gasteiger partial charge on any atom is -0.379 e. The van der Waals surface area contributed by atoms with E-state index in [0.29, 0.717) is 12.0 Å². The third kappa shape index (κ3) is 10.4. The Morgan fingerprint density at radius 1 is 0.900 bits per heavy atom. The summed E-state index contributed by atoms with van der Waals surface area (Å²) < 4.78 is 11.0. The summed E-state index contributed by atoms with van der Waals surface area (Å²) in [4.78, 5) is 10.1. The van der Waals surface area contributed by atoms with Crippen molar-refractivity contribution in [3.63, 3.8) is 0 Å². The van der Waals surface area contributed by atoms with Crippen LogP contribution in [0.3, 0.4) is 0 Å². The van der Waals surface area contributed by atoms with Gasteiger partial charge in [0.25, 0.3) is 0 Å². The summed E-state index contributed by atoms with van der Waals surface area (Å²) in [5.41, 5.74) is 0. The van der Waals surface area contributed by atoms with Crippen LogP contribution in [-0.2, 0) is 9.47 Å². The van der Waals surface area contributed by atoms with Crippen molar-refractivity contribution in [2.75, 3.05) is 78.8 Å². The van der Waals surface area contributed by atoms with Crippen LogP contribution in [0.2, 0.25) is 0 Å². The van der Waals surface area contributed by atoms with Gasteiger partial charge in [0.15, 0.2) is 5.96 Å². The van der Waals surface area contributed by atoms with Gasteiger partial charge in [-0.1, -0.05) is 26.7 Å². The second-order valence-corrected chi connectivity index (χ2v) is 8.10. The Labute approximate surface area is 201 Å². The molecule has 0 bridgehead atoms. The first-order chi connectivity index (χ1) is 14.3. The Morgan fingerprint density at radius 3 is 2.13 bits per heavy atom. The molecular weight excluding hydrogens is 493 g/mol. The second-order valence-electron chi connectivity index (χ2n) is 8.10. The van der Waals surface area contributed by atoms with E-state index in [1.54, 1.807) is 0 Å². The number of aliphatic imine (C=N–C) groups is 1. The Balaban J connectivity index is 0.00000450. The lowest BCUT2D eigenvalue weighted by atomic mass is 9.92. The molecule has 1 atom stereocenters. The number of hydrogen-bond acceptors (Lipinski definition) is 5. The highest BCUT2D eigenvalue weighted by Gasteiger charge is 2.26. The summed E-state index contributed by atoms with van der Waals surface area (Å²) in [5, 5.41) is 6.97. The summed E-state index contributed by atoms with van der Waals surface area (Å²) in [7, 11) is 0. The fourth-order valence-corrected chi connectivity index (χ4v) is 4.32. The van der Waals surface area contributed by atoms with Crippen LogP contribution in [-0.4, -0.2) is 101 Å². The summed E-state index contributed by atoms with van der Waals surface area (Å²) in [5.74, 6) is 1.65. The standard InChI is InChI=1S/C22H45N5O2.HI/c1-4-20(5-2)21(27-13-17-29-18-14-27)19-25-22(23-6-3)24-9-7-8-10-26-11-15-28-16-12-26;/h20-21H,4-19H2,1-3H3,(H2,23,24,25);1H. The van der Waals surface area contributed by atoms with Crippen molar-refractivity contribution in [3.8, 4) is 0 Å². The Bertz CT molecular complexity index is 439. The first-order valence-electron chi connectivity index (χ1n) is 11.9. The van der Waals surface area contributed by atoms with Crippen LogP contribution in [0.5, 0.6) is 0 Å².